The molecule has 4 heteroatoms. The first-order chi connectivity index (χ1) is 7.10. The number of nitrogens with zero attached hydrogens (tertiary/aromatic N) is 1. The highest BCUT2D eigenvalue weighted by molar-refractivity contribution is 6.29. The molecular formula is C11H15ClN2O. The van der Waals surface area contributed by atoms with E-state index < -0.39 is 5.54 Å². The summed E-state index contributed by atoms with van der Waals surface area (Å²) in [5, 5.41) is 9.92. The van der Waals surface area contributed by atoms with Crippen LogP contribution in [0, 0.1) is 0 Å². The Hall–Kier alpha value is -0.640. The van der Waals surface area contributed by atoms with Crippen molar-refractivity contribution >= 4 is 11.6 Å². The molecule has 15 heavy (non-hydrogen) atoms. The summed E-state index contributed by atoms with van der Waals surface area (Å²) in [6.07, 6.45) is 2.80. The van der Waals surface area contributed by atoms with Crippen LogP contribution >= 0.6 is 11.6 Å². The van der Waals surface area contributed by atoms with E-state index >= 15 is 0 Å². The lowest BCUT2D eigenvalue weighted by Gasteiger charge is -2.35. The molecule has 1 saturated carbocycles. The molecule has 0 unspecified atom stereocenters. The van der Waals surface area contributed by atoms with E-state index in [0.29, 0.717) is 5.15 Å². The Morgan fingerprint density at radius 3 is 2.67 bits per heavy atom. The monoisotopic (exact) mass is 226 g/mol. The van der Waals surface area contributed by atoms with Crippen molar-refractivity contribution < 1.29 is 5.11 Å². The molecule has 3 nitrogen and oxygen atoms in total. The number of aliphatic hydroxyl groups is 1. The molecule has 82 valence electrons. The van der Waals surface area contributed by atoms with E-state index in [1.54, 1.807) is 6.07 Å². The average molecular weight is 227 g/mol. The summed E-state index contributed by atoms with van der Waals surface area (Å²) in [5.74, 6) is 0. The van der Waals surface area contributed by atoms with Crippen molar-refractivity contribution in [1.82, 2.24) is 4.98 Å². The third-order valence-corrected chi connectivity index (χ3v) is 3.28. The van der Waals surface area contributed by atoms with Gasteiger partial charge in [-0.05, 0) is 37.8 Å². The largest absolute Gasteiger partial charge is 0.393 e. The quantitative estimate of drug-likeness (QED) is 0.719. The summed E-state index contributed by atoms with van der Waals surface area (Å²) < 4.78 is 0. The first-order valence-corrected chi connectivity index (χ1v) is 5.58. The topological polar surface area (TPSA) is 59.1 Å². The van der Waals surface area contributed by atoms with Gasteiger partial charge in [0.15, 0.2) is 0 Å². The summed E-state index contributed by atoms with van der Waals surface area (Å²) in [7, 11) is 0. The van der Waals surface area contributed by atoms with Gasteiger partial charge in [0.05, 0.1) is 17.3 Å². The molecule has 1 fully saturated rings. The SMILES string of the molecule is NC1(c2cccc(Cl)n2)CCC(O)CC1. The van der Waals surface area contributed by atoms with Crippen LogP contribution in [0.5, 0.6) is 0 Å². The second-order valence-corrected chi connectivity index (χ2v) is 4.62. The number of hydrogen-bond donors (Lipinski definition) is 2. The lowest BCUT2D eigenvalue weighted by atomic mass is 9.79. The van der Waals surface area contributed by atoms with E-state index in [2.05, 4.69) is 4.98 Å². The van der Waals surface area contributed by atoms with Gasteiger partial charge in [-0.25, -0.2) is 4.98 Å². The zero-order valence-corrected chi connectivity index (χ0v) is 9.24. The maximum atomic E-state index is 9.44. The zero-order chi connectivity index (χ0) is 10.9. The summed E-state index contributed by atoms with van der Waals surface area (Å²) >= 11 is 5.84. The highest BCUT2D eigenvalue weighted by atomic mass is 35.5. The van der Waals surface area contributed by atoms with Crippen molar-refractivity contribution in [2.75, 3.05) is 0 Å². The van der Waals surface area contributed by atoms with E-state index in [-0.39, 0.29) is 6.10 Å². The highest BCUT2D eigenvalue weighted by Crippen LogP contribution is 2.34. The molecule has 0 atom stereocenters. The van der Waals surface area contributed by atoms with Crippen molar-refractivity contribution in [3.8, 4) is 0 Å². The number of nitrogens with two attached hydrogens (primary N) is 1. The lowest BCUT2D eigenvalue weighted by molar-refractivity contribution is 0.0956. The Labute approximate surface area is 94.3 Å². The molecule has 0 amide bonds. The summed E-state index contributed by atoms with van der Waals surface area (Å²) in [6.45, 7) is 0. The van der Waals surface area contributed by atoms with Crippen LogP contribution in [0.15, 0.2) is 18.2 Å². The third kappa shape index (κ3) is 2.30. The van der Waals surface area contributed by atoms with Gasteiger partial charge in [0.1, 0.15) is 5.15 Å². The van der Waals surface area contributed by atoms with Crippen LogP contribution in [-0.4, -0.2) is 16.2 Å². The van der Waals surface area contributed by atoms with Gasteiger partial charge in [-0.2, -0.15) is 0 Å². The minimum absolute atomic E-state index is 0.208. The highest BCUT2D eigenvalue weighted by Gasteiger charge is 2.33. The maximum Gasteiger partial charge on any atom is 0.129 e. The fraction of sp³-hybridized carbons (Fsp3) is 0.545. The van der Waals surface area contributed by atoms with Crippen LogP contribution in [0.1, 0.15) is 31.4 Å². The molecule has 0 saturated heterocycles. The number of hydrogen-bond acceptors (Lipinski definition) is 3. The molecule has 0 radical (unpaired) electrons. The van der Waals surface area contributed by atoms with Crippen molar-refractivity contribution in [3.63, 3.8) is 0 Å². The minimum atomic E-state index is -0.413. The fourth-order valence-corrected chi connectivity index (χ4v) is 2.22. The predicted molar refractivity (Wildman–Crippen MR) is 59.6 cm³/mol. The van der Waals surface area contributed by atoms with Crippen LogP contribution in [0.2, 0.25) is 5.15 Å². The van der Waals surface area contributed by atoms with Crippen LogP contribution in [0.3, 0.4) is 0 Å². The van der Waals surface area contributed by atoms with E-state index in [4.69, 9.17) is 17.3 Å². The zero-order valence-electron chi connectivity index (χ0n) is 8.49. The van der Waals surface area contributed by atoms with Gasteiger partial charge in [-0.3, -0.25) is 0 Å². The molecule has 0 aliphatic heterocycles. The van der Waals surface area contributed by atoms with Crippen LogP contribution in [0.25, 0.3) is 0 Å². The molecule has 1 aromatic rings. The number of aromatic nitrogens is 1. The Kier molecular flexibility index (Phi) is 2.96. The van der Waals surface area contributed by atoms with E-state index in [1.165, 1.54) is 0 Å². The van der Waals surface area contributed by atoms with Gasteiger partial charge in [0.2, 0.25) is 0 Å². The Morgan fingerprint density at radius 1 is 1.40 bits per heavy atom. The molecule has 3 N–H and O–H groups in total. The van der Waals surface area contributed by atoms with E-state index in [9.17, 15) is 5.11 Å². The smallest absolute Gasteiger partial charge is 0.129 e. The van der Waals surface area contributed by atoms with Gasteiger partial charge in [0, 0.05) is 0 Å². The third-order valence-electron chi connectivity index (χ3n) is 3.07. The standard InChI is InChI=1S/C11H15ClN2O/c12-10-3-1-2-9(14-10)11(13)6-4-8(15)5-7-11/h1-3,8,15H,4-7,13H2. The Balaban J connectivity index is 2.22. The van der Waals surface area contributed by atoms with Gasteiger partial charge >= 0.3 is 0 Å². The van der Waals surface area contributed by atoms with E-state index in [1.807, 2.05) is 12.1 Å². The lowest BCUT2D eigenvalue weighted by Crippen LogP contribution is -2.42. The van der Waals surface area contributed by atoms with Gasteiger partial charge in [-0.15, -0.1) is 0 Å². The summed E-state index contributed by atoms with van der Waals surface area (Å²) in [5.41, 5.74) is 6.70. The first-order valence-electron chi connectivity index (χ1n) is 5.20. The predicted octanol–water partition coefficient (Wildman–Crippen LogP) is 1.82. The number of halogens is 1. The number of aliphatic hydroxyl groups excluding tert-OH is 1. The van der Waals surface area contributed by atoms with Crippen molar-refractivity contribution in [2.45, 2.75) is 37.3 Å². The average Bonchev–Trinajstić information content (AvgIpc) is 2.23. The molecule has 1 aromatic heterocycles. The Morgan fingerprint density at radius 2 is 2.07 bits per heavy atom. The molecule has 1 aliphatic carbocycles. The fourth-order valence-electron chi connectivity index (χ4n) is 2.06. The molecule has 1 heterocycles. The summed E-state index contributed by atoms with van der Waals surface area (Å²) in [6, 6.07) is 5.51. The van der Waals surface area contributed by atoms with Crippen LogP contribution in [0.4, 0.5) is 0 Å². The summed E-state index contributed by atoms with van der Waals surface area (Å²) in [4.78, 5) is 4.25. The second kappa shape index (κ2) is 4.08. The molecule has 2 rings (SSSR count). The molecular weight excluding hydrogens is 212 g/mol. The van der Waals surface area contributed by atoms with Crippen molar-refractivity contribution in [3.05, 3.63) is 29.0 Å². The molecule has 0 aromatic carbocycles. The van der Waals surface area contributed by atoms with Crippen LogP contribution < -0.4 is 5.73 Å². The number of rotatable bonds is 1. The minimum Gasteiger partial charge on any atom is -0.393 e. The normalized spacial score (nSPS) is 31.5. The molecule has 0 bridgehead atoms. The van der Waals surface area contributed by atoms with Crippen molar-refractivity contribution in [1.29, 1.82) is 0 Å². The first kappa shape index (κ1) is 10.9. The van der Waals surface area contributed by atoms with Gasteiger partial charge in [0.25, 0.3) is 0 Å². The van der Waals surface area contributed by atoms with Gasteiger partial charge in [-0.1, -0.05) is 17.7 Å². The van der Waals surface area contributed by atoms with Gasteiger partial charge < -0.3 is 10.8 Å². The molecule has 1 aliphatic rings. The van der Waals surface area contributed by atoms with Crippen molar-refractivity contribution in [2.24, 2.45) is 5.73 Å². The van der Waals surface area contributed by atoms with E-state index in [0.717, 1.165) is 31.4 Å². The Bertz CT molecular complexity index is 348. The maximum absolute atomic E-state index is 9.44. The molecule has 0 spiro atoms. The number of pyridine rings is 1. The second-order valence-electron chi connectivity index (χ2n) is 4.23. The van der Waals surface area contributed by atoms with Crippen LogP contribution in [-0.2, 0) is 5.54 Å².